The number of aromatic nitrogens is 2. The molecule has 2 aromatic rings. The van der Waals surface area contributed by atoms with Gasteiger partial charge in [0.25, 0.3) is 0 Å². The summed E-state index contributed by atoms with van der Waals surface area (Å²) in [6, 6.07) is 4.75. The van der Waals surface area contributed by atoms with Crippen LogP contribution in [-0.4, -0.2) is 33.4 Å². The highest BCUT2D eigenvalue weighted by molar-refractivity contribution is 6.32. The number of imidazole rings is 1. The molecule has 0 saturated carbocycles. The van der Waals surface area contributed by atoms with Gasteiger partial charge in [0.1, 0.15) is 5.82 Å². The number of halogens is 1. The van der Waals surface area contributed by atoms with Gasteiger partial charge in [0.05, 0.1) is 5.52 Å². The fourth-order valence-electron chi connectivity index (χ4n) is 2.93. The van der Waals surface area contributed by atoms with E-state index in [4.69, 9.17) is 11.6 Å². The second-order valence-corrected chi connectivity index (χ2v) is 6.15. The van der Waals surface area contributed by atoms with Crippen molar-refractivity contribution in [3.63, 3.8) is 0 Å². The Labute approximate surface area is 119 Å². The van der Waals surface area contributed by atoms with E-state index in [1.807, 2.05) is 0 Å². The average Bonchev–Trinajstić information content (AvgIpc) is 2.94. The van der Waals surface area contributed by atoms with Crippen LogP contribution in [0.2, 0.25) is 5.15 Å². The standard InChI is InChI=1S/C15H20ClN3/c1-10(2)18-7-6-12(9-18)15-17-14(16)13-5-4-11(3)8-19(13)15/h4-5,8,10,12H,6-7,9H2,1-3H3. The van der Waals surface area contributed by atoms with Crippen LogP contribution in [-0.2, 0) is 0 Å². The van der Waals surface area contributed by atoms with Crippen molar-refractivity contribution < 1.29 is 0 Å². The lowest BCUT2D eigenvalue weighted by atomic mass is 10.1. The summed E-state index contributed by atoms with van der Waals surface area (Å²) >= 11 is 6.26. The number of nitrogens with zero attached hydrogens (tertiary/aromatic N) is 3. The molecule has 0 aromatic carbocycles. The maximum atomic E-state index is 6.26. The molecule has 3 nitrogen and oxygen atoms in total. The highest BCUT2D eigenvalue weighted by atomic mass is 35.5. The highest BCUT2D eigenvalue weighted by Crippen LogP contribution is 2.30. The smallest absolute Gasteiger partial charge is 0.155 e. The fraction of sp³-hybridized carbons (Fsp3) is 0.533. The molecule has 0 N–H and O–H groups in total. The molecule has 1 unspecified atom stereocenters. The minimum Gasteiger partial charge on any atom is -0.302 e. The van der Waals surface area contributed by atoms with Crippen LogP contribution in [0.25, 0.3) is 5.52 Å². The molecule has 4 heteroatoms. The lowest BCUT2D eigenvalue weighted by Crippen LogP contribution is -2.28. The van der Waals surface area contributed by atoms with Gasteiger partial charge in [-0.1, -0.05) is 17.7 Å². The van der Waals surface area contributed by atoms with Gasteiger partial charge in [0.15, 0.2) is 5.15 Å². The third-order valence-corrected chi connectivity index (χ3v) is 4.36. The number of rotatable bonds is 2. The Morgan fingerprint density at radius 2 is 2.16 bits per heavy atom. The molecule has 3 heterocycles. The minimum atomic E-state index is 0.490. The van der Waals surface area contributed by atoms with E-state index in [1.165, 1.54) is 12.0 Å². The zero-order chi connectivity index (χ0) is 13.6. The topological polar surface area (TPSA) is 20.5 Å². The Morgan fingerprint density at radius 3 is 2.84 bits per heavy atom. The summed E-state index contributed by atoms with van der Waals surface area (Å²) in [6.07, 6.45) is 3.31. The summed E-state index contributed by atoms with van der Waals surface area (Å²) in [6.45, 7) is 8.85. The Hall–Kier alpha value is -1.06. The molecule has 19 heavy (non-hydrogen) atoms. The second kappa shape index (κ2) is 4.80. The van der Waals surface area contributed by atoms with Gasteiger partial charge in [-0.2, -0.15) is 0 Å². The van der Waals surface area contributed by atoms with Gasteiger partial charge in [0.2, 0.25) is 0 Å². The average molecular weight is 278 g/mol. The summed E-state index contributed by atoms with van der Waals surface area (Å²) in [5, 5.41) is 0.623. The van der Waals surface area contributed by atoms with E-state index in [1.54, 1.807) is 0 Å². The van der Waals surface area contributed by atoms with E-state index in [-0.39, 0.29) is 0 Å². The van der Waals surface area contributed by atoms with Crippen molar-refractivity contribution in [2.45, 2.75) is 39.2 Å². The molecule has 0 radical (unpaired) electrons. The molecule has 3 rings (SSSR count). The lowest BCUT2D eigenvalue weighted by molar-refractivity contribution is 0.272. The molecule has 1 aliphatic heterocycles. The summed E-state index contributed by atoms with van der Waals surface area (Å²) in [7, 11) is 0. The molecular formula is C15H20ClN3. The first-order chi connectivity index (χ1) is 9.06. The number of pyridine rings is 1. The summed E-state index contributed by atoms with van der Waals surface area (Å²) < 4.78 is 2.17. The number of likely N-dealkylation sites (tertiary alicyclic amines) is 1. The van der Waals surface area contributed by atoms with Crippen molar-refractivity contribution in [1.29, 1.82) is 0 Å². The van der Waals surface area contributed by atoms with E-state index in [0.717, 1.165) is 24.4 Å². The maximum Gasteiger partial charge on any atom is 0.155 e. The Morgan fingerprint density at radius 1 is 1.37 bits per heavy atom. The number of hydrogen-bond acceptors (Lipinski definition) is 2. The van der Waals surface area contributed by atoms with Crippen molar-refractivity contribution >= 4 is 17.1 Å². The molecule has 1 atom stereocenters. The van der Waals surface area contributed by atoms with Crippen molar-refractivity contribution in [1.82, 2.24) is 14.3 Å². The molecule has 0 amide bonds. The van der Waals surface area contributed by atoms with Crippen molar-refractivity contribution in [3.05, 3.63) is 34.9 Å². The normalized spacial score (nSPS) is 20.8. The van der Waals surface area contributed by atoms with Gasteiger partial charge >= 0.3 is 0 Å². The maximum absolute atomic E-state index is 6.26. The van der Waals surface area contributed by atoms with Crippen LogP contribution in [0.3, 0.4) is 0 Å². The monoisotopic (exact) mass is 277 g/mol. The Bertz CT molecular complexity index is 603. The molecule has 102 valence electrons. The van der Waals surface area contributed by atoms with Gasteiger partial charge in [-0.05, 0) is 45.4 Å². The molecule has 1 aliphatic rings. The van der Waals surface area contributed by atoms with Crippen LogP contribution < -0.4 is 0 Å². The summed E-state index contributed by atoms with van der Waals surface area (Å²) in [5.41, 5.74) is 2.26. The number of fused-ring (bicyclic) bond motifs is 1. The van der Waals surface area contributed by atoms with Crippen LogP contribution in [0.15, 0.2) is 18.3 Å². The van der Waals surface area contributed by atoms with Crippen LogP contribution in [0.1, 0.15) is 37.6 Å². The van der Waals surface area contributed by atoms with Gasteiger partial charge < -0.3 is 9.30 Å². The van der Waals surface area contributed by atoms with E-state index >= 15 is 0 Å². The first-order valence-electron chi connectivity index (χ1n) is 6.94. The summed E-state index contributed by atoms with van der Waals surface area (Å²) in [4.78, 5) is 7.12. The molecule has 1 fully saturated rings. The summed E-state index contributed by atoms with van der Waals surface area (Å²) in [5.74, 6) is 1.61. The molecule has 2 aromatic heterocycles. The second-order valence-electron chi connectivity index (χ2n) is 5.80. The lowest BCUT2D eigenvalue weighted by Gasteiger charge is -2.19. The zero-order valence-electron chi connectivity index (χ0n) is 11.7. The van der Waals surface area contributed by atoms with Gasteiger partial charge in [-0.3, -0.25) is 0 Å². The van der Waals surface area contributed by atoms with E-state index < -0.39 is 0 Å². The molecule has 0 spiro atoms. The minimum absolute atomic E-state index is 0.490. The van der Waals surface area contributed by atoms with Gasteiger partial charge in [-0.25, -0.2) is 4.98 Å². The van der Waals surface area contributed by atoms with E-state index in [9.17, 15) is 0 Å². The van der Waals surface area contributed by atoms with Crippen LogP contribution in [0, 0.1) is 6.92 Å². The van der Waals surface area contributed by atoms with Gasteiger partial charge in [-0.15, -0.1) is 0 Å². The third kappa shape index (κ3) is 2.26. The van der Waals surface area contributed by atoms with Crippen molar-refractivity contribution in [3.8, 4) is 0 Å². The SMILES string of the molecule is Cc1ccc2c(Cl)nc(C3CCN(C(C)C)C3)n2c1. The Balaban J connectivity index is 1.99. The highest BCUT2D eigenvalue weighted by Gasteiger charge is 2.29. The van der Waals surface area contributed by atoms with Crippen molar-refractivity contribution in [2.75, 3.05) is 13.1 Å². The van der Waals surface area contributed by atoms with Gasteiger partial charge in [0, 0.05) is 24.7 Å². The van der Waals surface area contributed by atoms with Crippen LogP contribution >= 0.6 is 11.6 Å². The van der Waals surface area contributed by atoms with E-state index in [2.05, 4.69) is 53.4 Å². The number of hydrogen-bond donors (Lipinski definition) is 0. The van der Waals surface area contributed by atoms with Crippen LogP contribution in [0.5, 0.6) is 0 Å². The fourth-order valence-corrected chi connectivity index (χ4v) is 3.17. The Kier molecular flexibility index (Phi) is 3.27. The molecular weight excluding hydrogens is 258 g/mol. The third-order valence-electron chi connectivity index (χ3n) is 4.08. The molecule has 0 bridgehead atoms. The quantitative estimate of drug-likeness (QED) is 0.838. The first-order valence-corrected chi connectivity index (χ1v) is 7.32. The predicted octanol–water partition coefficient (Wildman–Crippen LogP) is 3.49. The largest absolute Gasteiger partial charge is 0.302 e. The number of aryl methyl sites for hydroxylation is 1. The van der Waals surface area contributed by atoms with Crippen LogP contribution in [0.4, 0.5) is 0 Å². The zero-order valence-corrected chi connectivity index (χ0v) is 12.5. The molecule has 0 aliphatic carbocycles. The van der Waals surface area contributed by atoms with Crippen molar-refractivity contribution in [2.24, 2.45) is 0 Å². The predicted molar refractivity (Wildman–Crippen MR) is 79.0 cm³/mol. The first kappa shape index (κ1) is 12.9. The van der Waals surface area contributed by atoms with E-state index in [0.29, 0.717) is 17.1 Å². The molecule has 1 saturated heterocycles.